The molecule has 0 bridgehead atoms. The summed E-state index contributed by atoms with van der Waals surface area (Å²) in [7, 11) is 1.70. The van der Waals surface area contributed by atoms with Gasteiger partial charge in [-0.05, 0) is 5.92 Å². The van der Waals surface area contributed by atoms with Crippen molar-refractivity contribution in [2.45, 2.75) is 39.7 Å². The quantitative estimate of drug-likeness (QED) is 0.806. The maximum Gasteiger partial charge on any atom is 0.135 e. The Labute approximate surface area is 114 Å². The standard InChI is InChI=1S/C13H22ClN3O/c1-8(2)10(7-18-5)15-12-6-11(14)16-13(17-12)9(3)4/h6,8-10H,7H2,1-5H3,(H,15,16,17). The van der Waals surface area contributed by atoms with E-state index in [2.05, 4.69) is 29.1 Å². The zero-order valence-corrected chi connectivity index (χ0v) is 12.5. The highest BCUT2D eigenvalue weighted by Gasteiger charge is 2.15. The zero-order chi connectivity index (χ0) is 13.7. The number of hydrogen-bond donors (Lipinski definition) is 1. The molecular formula is C13H22ClN3O. The minimum absolute atomic E-state index is 0.209. The molecule has 0 radical (unpaired) electrons. The molecule has 0 amide bonds. The number of methoxy groups -OCH3 is 1. The number of ether oxygens (including phenoxy) is 1. The van der Waals surface area contributed by atoms with E-state index < -0.39 is 0 Å². The molecule has 1 rings (SSSR count). The van der Waals surface area contributed by atoms with Gasteiger partial charge in [0.1, 0.15) is 16.8 Å². The SMILES string of the molecule is COCC(Nc1cc(Cl)nc(C(C)C)n1)C(C)C. The van der Waals surface area contributed by atoms with E-state index in [1.165, 1.54) is 0 Å². The Morgan fingerprint density at radius 3 is 2.44 bits per heavy atom. The average molecular weight is 272 g/mol. The molecule has 0 aliphatic heterocycles. The van der Waals surface area contributed by atoms with E-state index >= 15 is 0 Å². The minimum Gasteiger partial charge on any atom is -0.383 e. The Morgan fingerprint density at radius 2 is 1.94 bits per heavy atom. The van der Waals surface area contributed by atoms with Gasteiger partial charge in [-0.1, -0.05) is 39.3 Å². The Balaban J connectivity index is 2.88. The highest BCUT2D eigenvalue weighted by Crippen LogP contribution is 2.18. The van der Waals surface area contributed by atoms with Crippen molar-refractivity contribution in [1.82, 2.24) is 9.97 Å². The second-order valence-corrected chi connectivity index (χ2v) is 5.43. The molecule has 5 heteroatoms. The number of rotatable bonds is 6. The van der Waals surface area contributed by atoms with Crippen molar-refractivity contribution in [3.63, 3.8) is 0 Å². The normalized spacial score (nSPS) is 13.1. The Hall–Kier alpha value is -0.870. The van der Waals surface area contributed by atoms with Crippen molar-refractivity contribution in [2.75, 3.05) is 19.0 Å². The van der Waals surface area contributed by atoms with Crippen LogP contribution in [0.5, 0.6) is 0 Å². The van der Waals surface area contributed by atoms with Crippen LogP contribution < -0.4 is 5.32 Å². The van der Waals surface area contributed by atoms with Gasteiger partial charge in [0.25, 0.3) is 0 Å². The van der Waals surface area contributed by atoms with Gasteiger partial charge in [0.15, 0.2) is 0 Å². The van der Waals surface area contributed by atoms with Gasteiger partial charge in [-0.15, -0.1) is 0 Å². The van der Waals surface area contributed by atoms with Gasteiger partial charge in [0, 0.05) is 19.1 Å². The fourth-order valence-corrected chi connectivity index (χ4v) is 1.73. The molecule has 102 valence electrons. The molecule has 18 heavy (non-hydrogen) atoms. The van der Waals surface area contributed by atoms with Gasteiger partial charge in [-0.3, -0.25) is 0 Å². The largest absolute Gasteiger partial charge is 0.383 e. The van der Waals surface area contributed by atoms with E-state index in [1.807, 2.05) is 13.8 Å². The lowest BCUT2D eigenvalue weighted by Crippen LogP contribution is -2.31. The summed E-state index contributed by atoms with van der Waals surface area (Å²) < 4.78 is 5.21. The molecule has 1 aromatic rings. The van der Waals surface area contributed by atoms with E-state index in [1.54, 1.807) is 13.2 Å². The molecule has 1 atom stereocenters. The second kappa shape index (κ2) is 6.90. The van der Waals surface area contributed by atoms with Crippen LogP contribution in [0.4, 0.5) is 5.82 Å². The minimum atomic E-state index is 0.209. The first-order chi connectivity index (χ1) is 8.43. The maximum atomic E-state index is 6.01. The highest BCUT2D eigenvalue weighted by atomic mass is 35.5. The van der Waals surface area contributed by atoms with E-state index in [0.29, 0.717) is 17.7 Å². The van der Waals surface area contributed by atoms with E-state index in [0.717, 1.165) is 11.6 Å². The summed E-state index contributed by atoms with van der Waals surface area (Å²) in [5.74, 6) is 2.21. The van der Waals surface area contributed by atoms with Crippen LogP contribution in [0.2, 0.25) is 5.15 Å². The molecular weight excluding hydrogens is 250 g/mol. The summed E-state index contributed by atoms with van der Waals surface area (Å²) in [6.07, 6.45) is 0. The lowest BCUT2D eigenvalue weighted by atomic mass is 10.1. The van der Waals surface area contributed by atoms with Crippen LogP contribution in [-0.4, -0.2) is 29.7 Å². The fraction of sp³-hybridized carbons (Fsp3) is 0.692. The molecule has 1 unspecified atom stereocenters. The Kier molecular flexibility index (Phi) is 5.82. The van der Waals surface area contributed by atoms with Crippen LogP contribution in [0.1, 0.15) is 39.4 Å². The monoisotopic (exact) mass is 271 g/mol. The average Bonchev–Trinajstić information content (AvgIpc) is 2.27. The molecule has 1 N–H and O–H groups in total. The number of anilines is 1. The van der Waals surface area contributed by atoms with Gasteiger partial charge in [-0.2, -0.15) is 0 Å². The Morgan fingerprint density at radius 1 is 1.28 bits per heavy atom. The van der Waals surface area contributed by atoms with Gasteiger partial charge >= 0.3 is 0 Å². The summed E-state index contributed by atoms with van der Waals surface area (Å²) in [6, 6.07) is 1.96. The smallest absolute Gasteiger partial charge is 0.135 e. The topological polar surface area (TPSA) is 47.0 Å². The van der Waals surface area contributed by atoms with Gasteiger partial charge in [0.2, 0.25) is 0 Å². The van der Waals surface area contributed by atoms with Crippen LogP contribution in [0.3, 0.4) is 0 Å². The van der Waals surface area contributed by atoms with Crippen LogP contribution >= 0.6 is 11.6 Å². The Bertz CT molecular complexity index is 382. The molecule has 0 fully saturated rings. The molecule has 0 aliphatic carbocycles. The third kappa shape index (κ3) is 4.42. The van der Waals surface area contributed by atoms with Crippen LogP contribution in [-0.2, 0) is 4.74 Å². The van der Waals surface area contributed by atoms with Crippen LogP contribution in [0, 0.1) is 5.92 Å². The molecule has 0 saturated heterocycles. The maximum absolute atomic E-state index is 6.01. The highest BCUT2D eigenvalue weighted by molar-refractivity contribution is 6.29. The predicted molar refractivity (Wildman–Crippen MR) is 75.3 cm³/mol. The molecule has 1 aromatic heterocycles. The first kappa shape index (κ1) is 15.2. The van der Waals surface area contributed by atoms with Crippen LogP contribution in [0.15, 0.2) is 6.07 Å². The second-order valence-electron chi connectivity index (χ2n) is 5.04. The molecule has 0 aromatic carbocycles. The molecule has 1 heterocycles. The summed E-state index contributed by atoms with van der Waals surface area (Å²) in [4.78, 5) is 8.69. The van der Waals surface area contributed by atoms with Crippen molar-refractivity contribution in [3.8, 4) is 0 Å². The lowest BCUT2D eigenvalue weighted by Gasteiger charge is -2.22. The van der Waals surface area contributed by atoms with Crippen molar-refractivity contribution >= 4 is 17.4 Å². The number of nitrogens with one attached hydrogen (secondary N) is 1. The summed E-state index contributed by atoms with van der Waals surface area (Å²) >= 11 is 6.01. The number of nitrogens with zero attached hydrogens (tertiary/aromatic N) is 2. The first-order valence-corrected chi connectivity index (χ1v) is 6.61. The first-order valence-electron chi connectivity index (χ1n) is 6.24. The fourth-order valence-electron chi connectivity index (χ4n) is 1.54. The summed E-state index contributed by atoms with van der Waals surface area (Å²) in [5, 5.41) is 3.82. The van der Waals surface area contributed by atoms with Crippen LogP contribution in [0.25, 0.3) is 0 Å². The van der Waals surface area contributed by atoms with Crippen molar-refractivity contribution < 1.29 is 4.74 Å². The number of aromatic nitrogens is 2. The summed E-state index contributed by atoms with van der Waals surface area (Å²) in [6.45, 7) is 9.01. The van der Waals surface area contributed by atoms with E-state index in [9.17, 15) is 0 Å². The van der Waals surface area contributed by atoms with Crippen molar-refractivity contribution in [3.05, 3.63) is 17.0 Å². The predicted octanol–water partition coefficient (Wildman–Crippen LogP) is 3.34. The van der Waals surface area contributed by atoms with Gasteiger partial charge in [-0.25, -0.2) is 9.97 Å². The van der Waals surface area contributed by atoms with Gasteiger partial charge < -0.3 is 10.1 Å². The molecule has 0 aliphatic rings. The third-order valence-corrected chi connectivity index (χ3v) is 2.91. The van der Waals surface area contributed by atoms with E-state index in [4.69, 9.17) is 16.3 Å². The zero-order valence-electron chi connectivity index (χ0n) is 11.7. The van der Waals surface area contributed by atoms with Crippen molar-refractivity contribution in [2.24, 2.45) is 5.92 Å². The number of hydrogen-bond acceptors (Lipinski definition) is 4. The molecule has 4 nitrogen and oxygen atoms in total. The van der Waals surface area contributed by atoms with E-state index in [-0.39, 0.29) is 12.0 Å². The number of halogens is 1. The lowest BCUT2D eigenvalue weighted by molar-refractivity contribution is 0.171. The van der Waals surface area contributed by atoms with Crippen molar-refractivity contribution in [1.29, 1.82) is 0 Å². The molecule has 0 spiro atoms. The van der Waals surface area contributed by atoms with Gasteiger partial charge in [0.05, 0.1) is 12.6 Å². The molecule has 0 saturated carbocycles. The third-order valence-electron chi connectivity index (χ3n) is 2.71. The summed E-state index contributed by atoms with van der Waals surface area (Å²) in [5.41, 5.74) is 0.